The smallest absolute Gasteiger partial charge is 0.179 e. The van der Waals surface area contributed by atoms with Crippen molar-refractivity contribution >= 4 is 12.2 Å². The first-order valence-electron chi connectivity index (χ1n) is 9.81. The second-order valence-electron chi connectivity index (χ2n) is 5.87. The van der Waals surface area contributed by atoms with Crippen molar-refractivity contribution in [3.05, 3.63) is 58.7 Å². The van der Waals surface area contributed by atoms with Crippen molar-refractivity contribution in [1.82, 2.24) is 15.0 Å². The minimum Gasteiger partial charge on any atom is -0.497 e. The first kappa shape index (κ1) is 21.3. The largest absolute Gasteiger partial charge is 0.497 e. The van der Waals surface area contributed by atoms with Gasteiger partial charge < -0.3 is 4.74 Å². The molecule has 4 heteroatoms. The highest BCUT2D eigenvalue weighted by Crippen LogP contribution is 2.21. The van der Waals surface area contributed by atoms with Gasteiger partial charge in [0.1, 0.15) is 11.4 Å². The monoisotopic (exact) mass is 375 g/mol. The molecule has 0 fully saturated rings. The van der Waals surface area contributed by atoms with Crippen LogP contribution in [0.25, 0.3) is 34.9 Å². The number of rotatable bonds is 4. The van der Waals surface area contributed by atoms with Crippen LogP contribution in [-0.2, 0) is 6.42 Å². The number of hydrogen-bond donors (Lipinski definition) is 0. The summed E-state index contributed by atoms with van der Waals surface area (Å²) in [6.45, 7) is 10.1. The van der Waals surface area contributed by atoms with Crippen molar-refractivity contribution in [3.8, 4) is 28.5 Å². The Balaban J connectivity index is 0.00000136. The molecule has 4 nitrogen and oxygen atoms in total. The maximum atomic E-state index is 5.38. The van der Waals surface area contributed by atoms with E-state index in [4.69, 9.17) is 14.7 Å². The predicted molar refractivity (Wildman–Crippen MR) is 118 cm³/mol. The molecular weight excluding hydrogens is 346 g/mol. The van der Waals surface area contributed by atoms with Gasteiger partial charge in [0.15, 0.2) is 5.82 Å². The van der Waals surface area contributed by atoms with Gasteiger partial charge in [-0.2, -0.15) is 0 Å². The zero-order valence-electron chi connectivity index (χ0n) is 17.7. The minimum absolute atomic E-state index is 0.636. The van der Waals surface area contributed by atoms with Gasteiger partial charge >= 0.3 is 0 Å². The molecule has 2 aromatic heterocycles. The molecule has 146 valence electrons. The zero-order chi connectivity index (χ0) is 20.5. The second-order valence-corrected chi connectivity index (χ2v) is 5.87. The van der Waals surface area contributed by atoms with Gasteiger partial charge in [-0.1, -0.05) is 51.1 Å². The summed E-state index contributed by atoms with van der Waals surface area (Å²) in [6, 6.07) is 13.9. The highest BCUT2D eigenvalue weighted by molar-refractivity contribution is 5.65. The van der Waals surface area contributed by atoms with E-state index in [2.05, 4.69) is 11.9 Å². The normalized spacial score (nSPS) is 11.8. The summed E-state index contributed by atoms with van der Waals surface area (Å²) in [6.07, 6.45) is 4.93. The molecule has 0 saturated heterocycles. The third-order valence-electron chi connectivity index (χ3n) is 4.28. The first-order valence-corrected chi connectivity index (χ1v) is 9.81. The molecule has 0 bridgehead atoms. The fourth-order valence-electron chi connectivity index (χ4n) is 2.90. The summed E-state index contributed by atoms with van der Waals surface area (Å²) in [7, 11) is 1.67. The van der Waals surface area contributed by atoms with E-state index < -0.39 is 0 Å². The molecule has 3 aromatic rings. The lowest BCUT2D eigenvalue weighted by atomic mass is 10.1. The molecule has 3 rings (SSSR count). The lowest BCUT2D eigenvalue weighted by molar-refractivity contribution is 0.415. The summed E-state index contributed by atoms with van der Waals surface area (Å²) in [5.74, 6) is 1.44. The van der Waals surface area contributed by atoms with Gasteiger partial charge in [0.05, 0.1) is 18.2 Å². The zero-order valence-corrected chi connectivity index (χ0v) is 17.7. The van der Waals surface area contributed by atoms with E-state index in [9.17, 15) is 0 Å². The fraction of sp³-hybridized carbons (Fsp3) is 0.292. The molecule has 0 aliphatic carbocycles. The van der Waals surface area contributed by atoms with Crippen LogP contribution in [0.1, 0.15) is 40.3 Å². The predicted octanol–water partition coefficient (Wildman–Crippen LogP) is 4.40. The maximum absolute atomic E-state index is 5.38. The first-order chi connectivity index (χ1) is 13.7. The van der Waals surface area contributed by atoms with E-state index in [1.165, 1.54) is 0 Å². The van der Waals surface area contributed by atoms with E-state index in [0.717, 1.165) is 45.4 Å². The molecule has 0 aliphatic heterocycles. The Morgan fingerprint density at radius 1 is 0.929 bits per heavy atom. The maximum Gasteiger partial charge on any atom is 0.179 e. The number of aromatic nitrogens is 3. The molecule has 0 atom stereocenters. The standard InChI is InChI=1S/C22H23N3O.C2H6/c1-5-16-11-9-13-20(23-16)22-24-19(7-3)18(6-2)21(25-22)15-10-8-12-17(14-15)26-4;1-2/h6-14H,5H2,1-4H3;1-2H3/b18-6+,19-7+;. The number of ether oxygens (including phenoxy) is 1. The van der Waals surface area contributed by atoms with Crippen LogP contribution < -0.4 is 15.3 Å². The van der Waals surface area contributed by atoms with Gasteiger partial charge in [-0.15, -0.1) is 0 Å². The Bertz CT molecular complexity index is 1040. The summed E-state index contributed by atoms with van der Waals surface area (Å²) in [4.78, 5) is 14.3. The molecule has 28 heavy (non-hydrogen) atoms. The molecule has 0 N–H and O–H groups in total. The van der Waals surface area contributed by atoms with Gasteiger partial charge in [-0.05, 0) is 44.5 Å². The van der Waals surface area contributed by atoms with Crippen molar-refractivity contribution in [2.45, 2.75) is 41.0 Å². The highest BCUT2D eigenvalue weighted by Gasteiger charge is 2.11. The number of pyridine rings is 1. The van der Waals surface area contributed by atoms with Crippen molar-refractivity contribution in [2.75, 3.05) is 7.11 Å². The molecule has 0 amide bonds. The van der Waals surface area contributed by atoms with Crippen molar-refractivity contribution in [2.24, 2.45) is 0 Å². The van der Waals surface area contributed by atoms with Crippen molar-refractivity contribution in [3.63, 3.8) is 0 Å². The number of nitrogens with zero attached hydrogens (tertiary/aromatic N) is 3. The fourth-order valence-corrected chi connectivity index (χ4v) is 2.90. The van der Waals surface area contributed by atoms with Gasteiger partial charge in [0.2, 0.25) is 0 Å². The van der Waals surface area contributed by atoms with Crippen LogP contribution in [-0.4, -0.2) is 22.1 Å². The van der Waals surface area contributed by atoms with Gasteiger partial charge in [0, 0.05) is 16.5 Å². The van der Waals surface area contributed by atoms with Gasteiger partial charge in [0.25, 0.3) is 0 Å². The Labute approximate surface area is 167 Å². The van der Waals surface area contributed by atoms with Crippen LogP contribution in [0, 0.1) is 0 Å². The van der Waals surface area contributed by atoms with Crippen LogP contribution in [0.5, 0.6) is 5.75 Å². The molecule has 0 aliphatic rings. The van der Waals surface area contributed by atoms with E-state index >= 15 is 0 Å². The highest BCUT2D eigenvalue weighted by atomic mass is 16.5. The lowest BCUT2D eigenvalue weighted by Crippen LogP contribution is -2.31. The Kier molecular flexibility index (Phi) is 7.88. The minimum atomic E-state index is 0.636. The van der Waals surface area contributed by atoms with Crippen LogP contribution in [0.3, 0.4) is 0 Å². The van der Waals surface area contributed by atoms with E-state index in [1.54, 1.807) is 7.11 Å². The van der Waals surface area contributed by atoms with Crippen molar-refractivity contribution in [1.29, 1.82) is 0 Å². The summed E-state index contributed by atoms with van der Waals surface area (Å²) >= 11 is 0. The molecule has 0 saturated carbocycles. The Morgan fingerprint density at radius 2 is 1.68 bits per heavy atom. The van der Waals surface area contributed by atoms with E-state index in [-0.39, 0.29) is 0 Å². The van der Waals surface area contributed by atoms with Gasteiger partial charge in [-0.25, -0.2) is 15.0 Å². The molecule has 0 radical (unpaired) electrons. The number of aryl methyl sites for hydroxylation is 1. The molecular formula is C24H29N3O. The second kappa shape index (κ2) is 10.4. The van der Waals surface area contributed by atoms with Crippen LogP contribution in [0.2, 0.25) is 0 Å². The third-order valence-corrected chi connectivity index (χ3v) is 4.28. The molecule has 0 spiro atoms. The van der Waals surface area contributed by atoms with Crippen LogP contribution in [0.15, 0.2) is 42.5 Å². The quantitative estimate of drug-likeness (QED) is 0.678. The Hall–Kier alpha value is -3.01. The van der Waals surface area contributed by atoms with E-state index in [1.807, 2.05) is 82.3 Å². The van der Waals surface area contributed by atoms with E-state index in [0.29, 0.717) is 5.82 Å². The van der Waals surface area contributed by atoms with Crippen molar-refractivity contribution < 1.29 is 4.74 Å². The van der Waals surface area contributed by atoms with Gasteiger partial charge in [-0.3, -0.25) is 0 Å². The SMILES string of the molecule is C/C=c1/c(-c2cccc(OC)c2)nc(-c2cccc(CC)n2)n/c1=C/C.CC. The molecule has 0 unspecified atom stereocenters. The summed E-state index contributed by atoms with van der Waals surface area (Å²) in [5.41, 5.74) is 3.70. The lowest BCUT2D eigenvalue weighted by Gasteiger charge is -2.09. The van der Waals surface area contributed by atoms with Crippen LogP contribution >= 0.6 is 0 Å². The topological polar surface area (TPSA) is 47.9 Å². The average molecular weight is 376 g/mol. The summed E-state index contributed by atoms with van der Waals surface area (Å²) < 4.78 is 5.38. The molecule has 2 heterocycles. The number of methoxy groups -OCH3 is 1. The number of benzene rings is 1. The average Bonchev–Trinajstić information content (AvgIpc) is 2.79. The van der Waals surface area contributed by atoms with Crippen LogP contribution in [0.4, 0.5) is 0 Å². The third kappa shape index (κ3) is 4.63. The molecule has 1 aromatic carbocycles. The number of hydrogen-bond acceptors (Lipinski definition) is 4. The Morgan fingerprint density at radius 3 is 2.32 bits per heavy atom. The summed E-state index contributed by atoms with van der Waals surface area (Å²) in [5, 5.41) is 1.91.